The third kappa shape index (κ3) is 7.33. The molecule has 0 radical (unpaired) electrons. The summed E-state index contributed by atoms with van der Waals surface area (Å²) in [6.45, 7) is 6.26. The van der Waals surface area contributed by atoms with Gasteiger partial charge < -0.3 is 9.47 Å². The Hall–Kier alpha value is -3.85. The highest BCUT2D eigenvalue weighted by Crippen LogP contribution is 2.28. The van der Waals surface area contributed by atoms with E-state index in [1.54, 1.807) is 55.6 Å². The fourth-order valence-electron chi connectivity index (χ4n) is 3.50. The van der Waals surface area contributed by atoms with Gasteiger partial charge in [0, 0.05) is 0 Å². The number of nitrogens with zero attached hydrogens (tertiary/aromatic N) is 2. The van der Waals surface area contributed by atoms with Gasteiger partial charge >= 0.3 is 0 Å². The zero-order valence-electron chi connectivity index (χ0n) is 21.5. The molecule has 0 saturated heterocycles. The van der Waals surface area contributed by atoms with Crippen LogP contribution in [-0.2, 0) is 14.8 Å². The second-order valence-electron chi connectivity index (χ2n) is 8.62. The van der Waals surface area contributed by atoms with Crippen molar-refractivity contribution in [3.63, 3.8) is 0 Å². The Kier molecular flexibility index (Phi) is 9.68. The maximum Gasteiger partial charge on any atom is 0.264 e. The topological polar surface area (TPSA) is 97.3 Å². The molecule has 0 aliphatic carbocycles. The number of ether oxygens (including phenoxy) is 2. The lowest BCUT2D eigenvalue weighted by molar-refractivity contribution is -0.119. The Morgan fingerprint density at radius 2 is 1.73 bits per heavy atom. The number of sulfonamides is 1. The Morgan fingerprint density at radius 1 is 1.03 bits per heavy atom. The molecule has 0 aliphatic rings. The van der Waals surface area contributed by atoms with Crippen LogP contribution in [0.4, 0.5) is 5.69 Å². The summed E-state index contributed by atoms with van der Waals surface area (Å²) in [6, 6.07) is 20.5. The van der Waals surface area contributed by atoms with Gasteiger partial charge in [0.05, 0.1) is 30.5 Å². The fraction of sp³-hybridized carbons (Fsp3) is 0.286. The van der Waals surface area contributed by atoms with Gasteiger partial charge in [0.1, 0.15) is 6.54 Å². The molecule has 37 heavy (non-hydrogen) atoms. The average Bonchev–Trinajstić information content (AvgIpc) is 2.91. The Bertz CT molecular complexity index is 1310. The number of carbonyl (C=O) groups is 1. The molecule has 0 bridgehead atoms. The predicted octanol–water partition coefficient (Wildman–Crippen LogP) is 4.95. The van der Waals surface area contributed by atoms with Crippen molar-refractivity contribution < 1.29 is 22.7 Å². The maximum atomic E-state index is 13.4. The van der Waals surface area contributed by atoms with Crippen LogP contribution in [-0.4, -0.2) is 40.8 Å². The Morgan fingerprint density at radius 3 is 2.35 bits per heavy atom. The first-order valence-corrected chi connectivity index (χ1v) is 13.5. The number of benzene rings is 3. The molecule has 196 valence electrons. The minimum atomic E-state index is -3.99. The van der Waals surface area contributed by atoms with Crippen molar-refractivity contribution >= 4 is 27.8 Å². The SMILES string of the molecule is CCCOc1ccc(/C=N\NC(=O)CN(c2ccc(C(C)C)cc2)S(=O)(=O)c2ccccc2)cc1OC. The standard InChI is InChI=1S/C28H33N3O5S/c1-5-17-36-26-16-11-22(18-27(26)35-4)19-29-30-28(32)20-31(24-14-12-23(13-15-24)21(2)3)37(33,34)25-9-7-6-8-10-25/h6-16,18-19,21H,5,17,20H2,1-4H3,(H,30,32)/b29-19-. The molecule has 0 saturated carbocycles. The van der Waals surface area contributed by atoms with E-state index in [9.17, 15) is 13.2 Å². The fourth-order valence-corrected chi connectivity index (χ4v) is 4.94. The second-order valence-corrected chi connectivity index (χ2v) is 10.5. The minimum absolute atomic E-state index is 0.0942. The van der Waals surface area contributed by atoms with E-state index in [0.717, 1.165) is 16.3 Å². The third-order valence-electron chi connectivity index (χ3n) is 5.52. The van der Waals surface area contributed by atoms with Crippen molar-refractivity contribution in [1.82, 2.24) is 5.43 Å². The maximum absolute atomic E-state index is 13.4. The van der Waals surface area contributed by atoms with E-state index >= 15 is 0 Å². The molecule has 0 atom stereocenters. The van der Waals surface area contributed by atoms with Crippen LogP contribution < -0.4 is 19.2 Å². The lowest BCUT2D eigenvalue weighted by Crippen LogP contribution is -2.39. The van der Waals surface area contributed by atoms with Crippen LogP contribution in [0.25, 0.3) is 0 Å². The van der Waals surface area contributed by atoms with E-state index in [0.29, 0.717) is 29.4 Å². The minimum Gasteiger partial charge on any atom is -0.493 e. The molecule has 0 spiro atoms. The Labute approximate surface area is 219 Å². The number of hydrogen-bond acceptors (Lipinski definition) is 6. The zero-order chi connectivity index (χ0) is 26.8. The summed E-state index contributed by atoms with van der Waals surface area (Å²) in [5, 5.41) is 4.01. The van der Waals surface area contributed by atoms with E-state index in [4.69, 9.17) is 9.47 Å². The summed E-state index contributed by atoms with van der Waals surface area (Å²) in [5.74, 6) is 0.875. The summed E-state index contributed by atoms with van der Waals surface area (Å²) in [4.78, 5) is 12.9. The summed E-state index contributed by atoms with van der Waals surface area (Å²) in [7, 11) is -2.44. The normalized spacial score (nSPS) is 11.5. The molecule has 3 aromatic rings. The number of methoxy groups -OCH3 is 1. The van der Waals surface area contributed by atoms with Crippen molar-refractivity contribution in [2.45, 2.75) is 38.0 Å². The van der Waals surface area contributed by atoms with E-state index in [1.807, 2.05) is 19.1 Å². The summed E-state index contributed by atoms with van der Waals surface area (Å²) in [6.07, 6.45) is 2.33. The number of anilines is 1. The molecular formula is C28H33N3O5S. The van der Waals surface area contributed by atoms with Crippen molar-refractivity contribution in [2.24, 2.45) is 5.10 Å². The van der Waals surface area contributed by atoms with Crippen LogP contribution in [0.2, 0.25) is 0 Å². The zero-order valence-corrected chi connectivity index (χ0v) is 22.4. The van der Waals surface area contributed by atoms with Crippen LogP contribution in [0.15, 0.2) is 82.8 Å². The Balaban J connectivity index is 1.78. The largest absolute Gasteiger partial charge is 0.493 e. The van der Waals surface area contributed by atoms with E-state index in [-0.39, 0.29) is 10.8 Å². The van der Waals surface area contributed by atoms with E-state index in [2.05, 4.69) is 24.4 Å². The van der Waals surface area contributed by atoms with Crippen LogP contribution in [0, 0.1) is 0 Å². The van der Waals surface area contributed by atoms with Crippen LogP contribution in [0.1, 0.15) is 44.2 Å². The molecular weight excluding hydrogens is 490 g/mol. The van der Waals surface area contributed by atoms with E-state index < -0.39 is 22.5 Å². The molecule has 0 aliphatic heterocycles. The van der Waals surface area contributed by atoms with Crippen molar-refractivity contribution in [2.75, 3.05) is 24.6 Å². The molecule has 1 N–H and O–H groups in total. The highest BCUT2D eigenvalue weighted by atomic mass is 32.2. The number of nitrogens with one attached hydrogen (secondary N) is 1. The number of hydrogen-bond donors (Lipinski definition) is 1. The molecule has 8 nitrogen and oxygen atoms in total. The highest BCUT2D eigenvalue weighted by Gasteiger charge is 2.27. The molecule has 0 fully saturated rings. The summed E-state index contributed by atoms with van der Waals surface area (Å²) >= 11 is 0. The van der Waals surface area contributed by atoms with Gasteiger partial charge in [-0.25, -0.2) is 13.8 Å². The monoisotopic (exact) mass is 523 g/mol. The van der Waals surface area contributed by atoms with Gasteiger partial charge in [0.2, 0.25) is 0 Å². The van der Waals surface area contributed by atoms with Gasteiger partial charge in [-0.1, -0.05) is 51.1 Å². The molecule has 3 rings (SSSR count). The van der Waals surface area contributed by atoms with Gasteiger partial charge in [-0.2, -0.15) is 5.10 Å². The molecule has 1 amide bonds. The number of hydrazone groups is 1. The highest BCUT2D eigenvalue weighted by molar-refractivity contribution is 7.92. The molecule has 0 aromatic heterocycles. The van der Waals surface area contributed by atoms with Crippen LogP contribution in [0.3, 0.4) is 0 Å². The van der Waals surface area contributed by atoms with Gasteiger partial charge in [-0.05, 0) is 65.9 Å². The predicted molar refractivity (Wildman–Crippen MR) is 146 cm³/mol. The molecule has 3 aromatic carbocycles. The van der Waals surface area contributed by atoms with Gasteiger partial charge in [0.25, 0.3) is 15.9 Å². The molecule has 0 unspecified atom stereocenters. The quantitative estimate of drug-likeness (QED) is 0.268. The number of rotatable bonds is 12. The van der Waals surface area contributed by atoms with Crippen molar-refractivity contribution in [3.05, 3.63) is 83.9 Å². The van der Waals surface area contributed by atoms with Crippen molar-refractivity contribution in [1.29, 1.82) is 0 Å². The van der Waals surface area contributed by atoms with E-state index in [1.165, 1.54) is 18.3 Å². The van der Waals surface area contributed by atoms with Crippen LogP contribution in [0.5, 0.6) is 11.5 Å². The molecule has 0 heterocycles. The first-order valence-electron chi connectivity index (χ1n) is 12.1. The summed E-state index contributed by atoms with van der Waals surface area (Å²) < 4.78 is 39.0. The lowest BCUT2D eigenvalue weighted by Gasteiger charge is -2.24. The number of carbonyl (C=O) groups excluding carboxylic acids is 1. The second kappa shape index (κ2) is 12.9. The third-order valence-corrected chi connectivity index (χ3v) is 7.31. The van der Waals surface area contributed by atoms with Crippen LogP contribution >= 0.6 is 0 Å². The van der Waals surface area contributed by atoms with Crippen molar-refractivity contribution in [3.8, 4) is 11.5 Å². The van der Waals surface area contributed by atoms with Gasteiger partial charge in [-0.3, -0.25) is 9.10 Å². The first kappa shape index (κ1) is 27.7. The smallest absolute Gasteiger partial charge is 0.264 e. The summed E-state index contributed by atoms with van der Waals surface area (Å²) in [5.41, 5.74) is 4.56. The lowest BCUT2D eigenvalue weighted by atomic mass is 10.0. The average molecular weight is 524 g/mol. The number of amides is 1. The molecule has 9 heteroatoms. The van der Waals surface area contributed by atoms with Gasteiger partial charge in [-0.15, -0.1) is 0 Å². The van der Waals surface area contributed by atoms with Gasteiger partial charge in [0.15, 0.2) is 11.5 Å². The first-order chi connectivity index (χ1) is 17.8.